The summed E-state index contributed by atoms with van der Waals surface area (Å²) in [7, 11) is 0. The second-order valence-electron chi connectivity index (χ2n) is 4.77. The molecule has 0 aliphatic rings. The predicted octanol–water partition coefficient (Wildman–Crippen LogP) is 3.59. The molecule has 0 fully saturated rings. The molecule has 0 aliphatic heterocycles. The van der Waals surface area contributed by atoms with E-state index in [1.807, 2.05) is 38.1 Å². The average molecular weight is 259 g/mol. The van der Waals surface area contributed by atoms with E-state index in [4.69, 9.17) is 0 Å². The molecule has 0 saturated carbocycles. The molecule has 0 spiro atoms. The average Bonchev–Trinajstić information content (AvgIpc) is 2.41. The summed E-state index contributed by atoms with van der Waals surface area (Å²) in [5.74, 6) is -0.302. The van der Waals surface area contributed by atoms with E-state index in [9.17, 15) is 9.50 Å². The molecule has 0 aliphatic carbocycles. The van der Waals surface area contributed by atoms with Gasteiger partial charge in [-0.1, -0.05) is 35.4 Å². The molecule has 0 saturated heterocycles. The number of halogens is 1. The van der Waals surface area contributed by atoms with Gasteiger partial charge in [-0.25, -0.2) is 4.39 Å². The fourth-order valence-electron chi connectivity index (χ4n) is 2.00. The number of benzene rings is 2. The van der Waals surface area contributed by atoms with Crippen LogP contribution in [0, 0.1) is 19.7 Å². The number of nitrogens with one attached hydrogen (secondary N) is 1. The Morgan fingerprint density at radius 3 is 2.32 bits per heavy atom. The van der Waals surface area contributed by atoms with Gasteiger partial charge in [0.15, 0.2) is 0 Å². The van der Waals surface area contributed by atoms with Crippen molar-refractivity contribution in [3.05, 3.63) is 65.0 Å². The number of anilines is 1. The van der Waals surface area contributed by atoms with Gasteiger partial charge in [0.25, 0.3) is 0 Å². The van der Waals surface area contributed by atoms with Gasteiger partial charge in [0.1, 0.15) is 5.82 Å². The highest BCUT2D eigenvalue weighted by Crippen LogP contribution is 2.23. The molecule has 2 aromatic rings. The monoisotopic (exact) mass is 259 g/mol. The molecule has 1 atom stereocenters. The van der Waals surface area contributed by atoms with Gasteiger partial charge >= 0.3 is 0 Å². The summed E-state index contributed by atoms with van der Waals surface area (Å²) in [6.45, 7) is 3.75. The summed E-state index contributed by atoms with van der Waals surface area (Å²) in [6.07, 6.45) is 0. The van der Waals surface area contributed by atoms with Gasteiger partial charge in [-0.15, -0.1) is 0 Å². The first-order valence-electron chi connectivity index (χ1n) is 6.30. The van der Waals surface area contributed by atoms with Crippen LogP contribution in [0.1, 0.15) is 22.7 Å². The highest BCUT2D eigenvalue weighted by Gasteiger charge is 2.14. The van der Waals surface area contributed by atoms with Crippen LogP contribution in [0.25, 0.3) is 0 Å². The highest BCUT2D eigenvalue weighted by atomic mass is 19.1. The Hall–Kier alpha value is -1.87. The van der Waals surface area contributed by atoms with Crippen LogP contribution in [-0.4, -0.2) is 11.7 Å². The molecule has 100 valence electrons. The highest BCUT2D eigenvalue weighted by molar-refractivity contribution is 5.47. The number of aryl methyl sites for hydroxylation is 2. The first-order chi connectivity index (χ1) is 9.10. The smallest absolute Gasteiger partial charge is 0.128 e. The third-order valence-corrected chi connectivity index (χ3v) is 3.10. The van der Waals surface area contributed by atoms with E-state index < -0.39 is 6.04 Å². The van der Waals surface area contributed by atoms with Crippen molar-refractivity contribution in [2.24, 2.45) is 0 Å². The van der Waals surface area contributed by atoms with Gasteiger partial charge in [-0.2, -0.15) is 0 Å². The van der Waals surface area contributed by atoms with Crippen molar-refractivity contribution in [2.45, 2.75) is 19.9 Å². The van der Waals surface area contributed by atoms with E-state index in [2.05, 4.69) is 5.32 Å². The Kier molecular flexibility index (Phi) is 4.17. The van der Waals surface area contributed by atoms with Crippen molar-refractivity contribution in [3.8, 4) is 0 Å². The van der Waals surface area contributed by atoms with E-state index in [-0.39, 0.29) is 12.4 Å². The van der Waals surface area contributed by atoms with Crippen LogP contribution in [0.3, 0.4) is 0 Å². The number of aliphatic hydroxyl groups is 1. The fraction of sp³-hybridized carbons (Fsp3) is 0.250. The van der Waals surface area contributed by atoms with Crippen molar-refractivity contribution in [2.75, 3.05) is 11.9 Å². The van der Waals surface area contributed by atoms with Crippen LogP contribution in [0.15, 0.2) is 42.5 Å². The summed E-state index contributed by atoms with van der Waals surface area (Å²) in [5, 5.41) is 12.6. The molecule has 2 aromatic carbocycles. The summed E-state index contributed by atoms with van der Waals surface area (Å²) in [5.41, 5.74) is 3.49. The SMILES string of the molecule is Cc1ccc(NC(CO)c2cc(C)ccc2F)cc1. The zero-order valence-corrected chi connectivity index (χ0v) is 11.2. The largest absolute Gasteiger partial charge is 0.394 e. The lowest BCUT2D eigenvalue weighted by atomic mass is 10.0. The molecule has 1 unspecified atom stereocenters. The van der Waals surface area contributed by atoms with Gasteiger partial charge in [0.05, 0.1) is 12.6 Å². The van der Waals surface area contributed by atoms with E-state index in [0.29, 0.717) is 5.56 Å². The van der Waals surface area contributed by atoms with Crippen LogP contribution >= 0.6 is 0 Å². The molecule has 2 nitrogen and oxygen atoms in total. The second-order valence-corrected chi connectivity index (χ2v) is 4.77. The maximum absolute atomic E-state index is 13.8. The lowest BCUT2D eigenvalue weighted by molar-refractivity contribution is 0.274. The van der Waals surface area contributed by atoms with Crippen molar-refractivity contribution < 1.29 is 9.50 Å². The van der Waals surface area contributed by atoms with Crippen LogP contribution in [0.4, 0.5) is 10.1 Å². The van der Waals surface area contributed by atoms with Crippen LogP contribution in [0.2, 0.25) is 0 Å². The molecule has 0 heterocycles. The molecule has 2 rings (SSSR count). The Labute approximate surface area is 112 Å². The van der Waals surface area contributed by atoms with Gasteiger partial charge in [-0.05, 0) is 32.0 Å². The molecule has 0 bridgehead atoms. The Morgan fingerprint density at radius 1 is 1.05 bits per heavy atom. The van der Waals surface area contributed by atoms with Crippen LogP contribution in [-0.2, 0) is 0 Å². The number of aliphatic hydroxyl groups excluding tert-OH is 1. The minimum atomic E-state index is -0.442. The first kappa shape index (κ1) is 13.6. The summed E-state index contributed by atoms with van der Waals surface area (Å²) >= 11 is 0. The van der Waals surface area contributed by atoms with E-state index >= 15 is 0 Å². The molecule has 0 aromatic heterocycles. The van der Waals surface area contributed by atoms with Crippen molar-refractivity contribution in [1.82, 2.24) is 0 Å². The van der Waals surface area contributed by atoms with Crippen molar-refractivity contribution in [3.63, 3.8) is 0 Å². The lowest BCUT2D eigenvalue weighted by Crippen LogP contribution is -2.16. The third kappa shape index (κ3) is 3.32. The molecule has 0 amide bonds. The molecule has 2 N–H and O–H groups in total. The molecular formula is C16H18FNO. The third-order valence-electron chi connectivity index (χ3n) is 3.10. The van der Waals surface area contributed by atoms with Gasteiger partial charge in [0, 0.05) is 11.3 Å². The summed E-state index contributed by atoms with van der Waals surface area (Å²) in [4.78, 5) is 0. The maximum atomic E-state index is 13.8. The quantitative estimate of drug-likeness (QED) is 0.879. The maximum Gasteiger partial charge on any atom is 0.128 e. The van der Waals surface area contributed by atoms with Crippen LogP contribution < -0.4 is 5.32 Å². The molecular weight excluding hydrogens is 241 g/mol. The topological polar surface area (TPSA) is 32.3 Å². The van der Waals surface area contributed by atoms with Crippen molar-refractivity contribution >= 4 is 5.69 Å². The Bertz CT molecular complexity index is 551. The molecule has 3 heteroatoms. The summed E-state index contributed by atoms with van der Waals surface area (Å²) in [6, 6.07) is 12.3. The van der Waals surface area contributed by atoms with Gasteiger partial charge in [0.2, 0.25) is 0 Å². The lowest BCUT2D eigenvalue weighted by Gasteiger charge is -2.19. The van der Waals surface area contributed by atoms with E-state index in [0.717, 1.165) is 16.8 Å². The van der Waals surface area contributed by atoms with Crippen LogP contribution in [0.5, 0.6) is 0 Å². The zero-order valence-electron chi connectivity index (χ0n) is 11.2. The summed E-state index contributed by atoms with van der Waals surface area (Å²) < 4.78 is 13.8. The standard InChI is InChI=1S/C16H18FNO/c1-11-3-6-13(7-4-11)18-16(10-19)14-9-12(2)5-8-15(14)17/h3-9,16,18-19H,10H2,1-2H3. The minimum absolute atomic E-state index is 0.158. The van der Waals surface area contributed by atoms with E-state index in [1.165, 1.54) is 6.07 Å². The first-order valence-corrected chi connectivity index (χ1v) is 6.30. The fourth-order valence-corrected chi connectivity index (χ4v) is 2.00. The normalized spacial score (nSPS) is 12.2. The predicted molar refractivity (Wildman–Crippen MR) is 75.8 cm³/mol. The Balaban J connectivity index is 2.24. The second kappa shape index (κ2) is 5.85. The molecule has 19 heavy (non-hydrogen) atoms. The zero-order chi connectivity index (χ0) is 13.8. The number of hydrogen-bond donors (Lipinski definition) is 2. The van der Waals surface area contributed by atoms with Gasteiger partial charge in [-0.3, -0.25) is 0 Å². The molecule has 0 radical (unpaired) electrons. The number of rotatable bonds is 4. The minimum Gasteiger partial charge on any atom is -0.394 e. The Morgan fingerprint density at radius 2 is 1.68 bits per heavy atom. The van der Waals surface area contributed by atoms with Gasteiger partial charge < -0.3 is 10.4 Å². The van der Waals surface area contributed by atoms with Crippen molar-refractivity contribution in [1.29, 1.82) is 0 Å². The number of hydrogen-bond acceptors (Lipinski definition) is 2. The van der Waals surface area contributed by atoms with E-state index in [1.54, 1.807) is 12.1 Å².